The zero-order chi connectivity index (χ0) is 24.2. The third-order valence-electron chi connectivity index (χ3n) is 6.35. The van der Waals surface area contributed by atoms with Crippen molar-refractivity contribution in [2.24, 2.45) is 5.92 Å². The fourth-order valence-electron chi connectivity index (χ4n) is 4.38. The first-order valence-electron chi connectivity index (χ1n) is 11.9. The second-order valence-corrected chi connectivity index (χ2v) is 12.4. The quantitative estimate of drug-likeness (QED) is 0.242. The molecular weight excluding hydrogens is 501 g/mol. The zero-order valence-electron chi connectivity index (χ0n) is 19.2. The van der Waals surface area contributed by atoms with Crippen LogP contribution in [0.15, 0.2) is 36.4 Å². The van der Waals surface area contributed by atoms with E-state index >= 15 is 0 Å². The molecule has 1 unspecified atom stereocenters. The number of carboxylic acid groups (broad SMARTS) is 1. The van der Waals surface area contributed by atoms with E-state index in [2.05, 4.69) is 27.0 Å². The standard InChI is InChI=1S/C25H28N4O3S3/c30-23(21-12-16-11-17(33-25(16)35-21)6-5-15-7-9-26-10-8-15)28-13-19(24(31)32)27-14-22-29-18-3-1-2-4-20(18)34-22/h1-4,11-12,15,19,26-27H,5-10,13-14H2,(H,28,30)(H,31,32). The smallest absolute Gasteiger partial charge is 0.322 e. The van der Waals surface area contributed by atoms with E-state index < -0.39 is 12.0 Å². The van der Waals surface area contributed by atoms with Crippen LogP contribution in [0.4, 0.5) is 0 Å². The normalized spacial score (nSPS) is 15.5. The third-order valence-corrected chi connectivity index (χ3v) is 9.84. The summed E-state index contributed by atoms with van der Waals surface area (Å²) in [5, 5.41) is 20.7. The first kappa shape index (κ1) is 24.3. The average molecular weight is 529 g/mol. The first-order chi connectivity index (χ1) is 17.0. The number of thiazole rings is 1. The Kier molecular flexibility index (Phi) is 7.74. The van der Waals surface area contributed by atoms with Crippen molar-refractivity contribution in [1.29, 1.82) is 0 Å². The van der Waals surface area contributed by atoms with E-state index in [0.29, 0.717) is 11.4 Å². The predicted molar refractivity (Wildman–Crippen MR) is 144 cm³/mol. The minimum Gasteiger partial charge on any atom is -0.480 e. The molecule has 0 aliphatic carbocycles. The number of piperidine rings is 1. The van der Waals surface area contributed by atoms with Gasteiger partial charge in [-0.05, 0) is 69.0 Å². The van der Waals surface area contributed by atoms with E-state index in [1.807, 2.05) is 30.3 Å². The lowest BCUT2D eigenvalue weighted by atomic mass is 9.93. The summed E-state index contributed by atoms with van der Waals surface area (Å²) in [6.45, 7) is 2.60. The van der Waals surface area contributed by atoms with E-state index in [1.165, 1.54) is 46.8 Å². The number of aliphatic carboxylic acids is 1. The minimum absolute atomic E-state index is 0.00606. The van der Waals surface area contributed by atoms with E-state index in [1.54, 1.807) is 11.3 Å². The number of aryl methyl sites for hydroxylation is 1. The third kappa shape index (κ3) is 6.07. The molecule has 0 spiro atoms. The second kappa shape index (κ2) is 11.1. The Hall–Kier alpha value is -2.37. The molecule has 1 atom stereocenters. The summed E-state index contributed by atoms with van der Waals surface area (Å²) in [6, 6.07) is 11.0. The number of benzene rings is 1. The number of amides is 1. The maximum Gasteiger partial charge on any atom is 0.322 e. The topological polar surface area (TPSA) is 103 Å². The summed E-state index contributed by atoms with van der Waals surface area (Å²) in [4.78, 5) is 31.0. The highest BCUT2D eigenvalue weighted by molar-refractivity contribution is 7.39. The van der Waals surface area contributed by atoms with Gasteiger partial charge in [0.25, 0.3) is 5.91 Å². The van der Waals surface area contributed by atoms with Crippen LogP contribution in [0, 0.1) is 5.92 Å². The molecule has 1 fully saturated rings. The van der Waals surface area contributed by atoms with Gasteiger partial charge in [-0.15, -0.1) is 34.0 Å². The van der Waals surface area contributed by atoms with E-state index in [0.717, 1.165) is 50.1 Å². The lowest BCUT2D eigenvalue weighted by Crippen LogP contribution is -2.45. The number of nitrogens with zero attached hydrogens (tertiary/aromatic N) is 1. The van der Waals surface area contributed by atoms with Gasteiger partial charge in [0.05, 0.1) is 19.1 Å². The van der Waals surface area contributed by atoms with Crippen LogP contribution in [0.1, 0.15) is 38.8 Å². The van der Waals surface area contributed by atoms with Gasteiger partial charge in [0.2, 0.25) is 0 Å². The molecule has 35 heavy (non-hydrogen) atoms. The number of carbonyl (C=O) groups excluding carboxylic acids is 1. The fourth-order valence-corrected chi connectivity index (χ4v) is 7.72. The highest BCUT2D eigenvalue weighted by Crippen LogP contribution is 2.35. The molecule has 4 heterocycles. The van der Waals surface area contributed by atoms with Crippen LogP contribution >= 0.6 is 34.0 Å². The first-order valence-corrected chi connectivity index (χ1v) is 14.3. The minimum atomic E-state index is -1.00. The number of carboxylic acids is 1. The Morgan fingerprint density at radius 1 is 1.14 bits per heavy atom. The fraction of sp³-hybridized carbons (Fsp3) is 0.400. The Bertz CT molecular complexity index is 1260. The highest BCUT2D eigenvalue weighted by Gasteiger charge is 2.20. The molecule has 4 N–H and O–H groups in total. The van der Waals surface area contributed by atoms with Crippen LogP contribution in [0.5, 0.6) is 0 Å². The van der Waals surface area contributed by atoms with Crippen LogP contribution in [0.3, 0.4) is 0 Å². The van der Waals surface area contributed by atoms with E-state index in [-0.39, 0.29) is 12.5 Å². The molecule has 0 bridgehead atoms. The van der Waals surface area contributed by atoms with Crippen LogP contribution in [-0.4, -0.2) is 47.6 Å². The van der Waals surface area contributed by atoms with Crippen molar-refractivity contribution in [2.45, 2.75) is 38.3 Å². The molecule has 4 aromatic rings. The molecule has 10 heteroatoms. The molecule has 5 rings (SSSR count). The molecule has 0 radical (unpaired) electrons. The number of aromatic nitrogens is 1. The van der Waals surface area contributed by atoms with Gasteiger partial charge in [-0.3, -0.25) is 14.9 Å². The van der Waals surface area contributed by atoms with Gasteiger partial charge in [0.15, 0.2) is 0 Å². The van der Waals surface area contributed by atoms with Crippen molar-refractivity contribution in [2.75, 3.05) is 19.6 Å². The lowest BCUT2D eigenvalue weighted by molar-refractivity contribution is -0.139. The van der Waals surface area contributed by atoms with Crippen LogP contribution < -0.4 is 16.0 Å². The molecule has 1 amide bonds. The molecule has 7 nitrogen and oxygen atoms in total. The van der Waals surface area contributed by atoms with E-state index in [4.69, 9.17) is 0 Å². The molecule has 1 aromatic carbocycles. The Labute approximate surface area is 215 Å². The number of rotatable bonds is 10. The number of hydrogen-bond donors (Lipinski definition) is 4. The predicted octanol–water partition coefficient (Wildman–Crippen LogP) is 4.48. The van der Waals surface area contributed by atoms with Gasteiger partial charge in [-0.2, -0.15) is 0 Å². The molecule has 1 aliphatic rings. The maximum absolute atomic E-state index is 12.7. The van der Waals surface area contributed by atoms with Gasteiger partial charge < -0.3 is 15.7 Å². The number of para-hydroxylation sites is 1. The summed E-state index contributed by atoms with van der Waals surface area (Å²) in [5.74, 6) is -0.428. The van der Waals surface area contributed by atoms with Crippen LogP contribution in [0.25, 0.3) is 19.6 Å². The summed E-state index contributed by atoms with van der Waals surface area (Å²) in [6.07, 6.45) is 4.84. The number of thiophene rings is 2. The van der Waals surface area contributed by atoms with E-state index in [9.17, 15) is 14.7 Å². The lowest BCUT2D eigenvalue weighted by Gasteiger charge is -2.22. The number of nitrogens with one attached hydrogen (secondary N) is 3. The Balaban J connectivity index is 1.13. The zero-order valence-corrected chi connectivity index (χ0v) is 21.7. The molecule has 1 aliphatic heterocycles. The van der Waals surface area contributed by atoms with Crippen LogP contribution in [-0.2, 0) is 17.8 Å². The van der Waals surface area contributed by atoms with Crippen molar-refractivity contribution in [3.63, 3.8) is 0 Å². The van der Waals surface area contributed by atoms with Gasteiger partial charge in [-0.25, -0.2) is 4.98 Å². The van der Waals surface area contributed by atoms with Crippen molar-refractivity contribution >= 4 is 65.5 Å². The maximum atomic E-state index is 12.7. The second-order valence-electron chi connectivity index (χ2n) is 8.86. The molecule has 184 valence electrons. The Morgan fingerprint density at radius 2 is 1.97 bits per heavy atom. The van der Waals surface area contributed by atoms with Gasteiger partial charge in [0.1, 0.15) is 11.0 Å². The SMILES string of the molecule is O=C(NCC(NCc1nc2ccccc2s1)C(=O)O)c1cc2cc(CCC3CCNCC3)sc2s1. The monoisotopic (exact) mass is 528 g/mol. The average Bonchev–Trinajstić information content (AvgIpc) is 3.55. The van der Waals surface area contributed by atoms with Gasteiger partial charge >= 0.3 is 5.97 Å². The van der Waals surface area contributed by atoms with Gasteiger partial charge in [-0.1, -0.05) is 12.1 Å². The molecule has 1 saturated heterocycles. The van der Waals surface area contributed by atoms with Crippen molar-refractivity contribution < 1.29 is 14.7 Å². The summed E-state index contributed by atoms with van der Waals surface area (Å²) >= 11 is 4.79. The Morgan fingerprint density at radius 3 is 2.74 bits per heavy atom. The molecule has 0 saturated carbocycles. The largest absolute Gasteiger partial charge is 0.480 e. The summed E-state index contributed by atoms with van der Waals surface area (Å²) < 4.78 is 2.22. The number of fused-ring (bicyclic) bond motifs is 2. The molecular formula is C25H28N4O3S3. The van der Waals surface area contributed by atoms with Crippen molar-refractivity contribution in [3.8, 4) is 0 Å². The number of carbonyl (C=O) groups is 2. The summed E-state index contributed by atoms with van der Waals surface area (Å²) in [5.41, 5.74) is 0.904. The molecule has 3 aromatic heterocycles. The van der Waals surface area contributed by atoms with Gasteiger partial charge in [0, 0.05) is 23.4 Å². The van der Waals surface area contributed by atoms with Crippen LogP contribution in [0.2, 0.25) is 0 Å². The number of hydrogen-bond acceptors (Lipinski definition) is 8. The highest BCUT2D eigenvalue weighted by atomic mass is 32.2. The summed E-state index contributed by atoms with van der Waals surface area (Å²) in [7, 11) is 0. The van der Waals surface area contributed by atoms with Crippen molar-refractivity contribution in [3.05, 3.63) is 51.2 Å². The van der Waals surface area contributed by atoms with Crippen molar-refractivity contribution in [1.82, 2.24) is 20.9 Å².